The number of rotatable bonds is 4. The Morgan fingerprint density at radius 3 is 2.50 bits per heavy atom. The number of aromatic amines is 1. The zero-order valence-corrected chi connectivity index (χ0v) is 18.9. The molecule has 6 heteroatoms. The van der Waals surface area contributed by atoms with Crippen molar-refractivity contribution < 1.29 is 0 Å². The van der Waals surface area contributed by atoms with Crippen molar-refractivity contribution >= 4 is 33.0 Å². The SMILES string of the molecule is CC(=Nc1ccc(C)cc1C)c1c(-c2ccccc2)[nH]n(-c2nc3ccccc3s2)c1=O. The van der Waals surface area contributed by atoms with Gasteiger partial charge in [0.1, 0.15) is 0 Å². The van der Waals surface area contributed by atoms with Crippen molar-refractivity contribution in [2.75, 3.05) is 0 Å². The molecule has 158 valence electrons. The molecular weight excluding hydrogens is 416 g/mol. The topological polar surface area (TPSA) is 63.0 Å². The van der Waals surface area contributed by atoms with Crippen molar-refractivity contribution in [3.05, 3.63) is 99.8 Å². The molecule has 0 aliphatic heterocycles. The lowest BCUT2D eigenvalue weighted by Gasteiger charge is -2.05. The number of thiazole rings is 1. The predicted octanol–water partition coefficient (Wildman–Crippen LogP) is 6.20. The van der Waals surface area contributed by atoms with Crippen molar-refractivity contribution in [3.63, 3.8) is 0 Å². The molecule has 0 atom stereocenters. The number of hydrogen-bond donors (Lipinski definition) is 1. The van der Waals surface area contributed by atoms with Crippen LogP contribution in [0, 0.1) is 13.8 Å². The second kappa shape index (κ2) is 8.05. The third-order valence-electron chi connectivity index (χ3n) is 5.43. The average Bonchev–Trinajstić information content (AvgIpc) is 3.37. The molecule has 2 aromatic heterocycles. The van der Waals surface area contributed by atoms with E-state index in [-0.39, 0.29) is 5.56 Å². The largest absolute Gasteiger partial charge is 0.288 e. The van der Waals surface area contributed by atoms with E-state index < -0.39 is 0 Å². The fourth-order valence-electron chi connectivity index (χ4n) is 3.84. The van der Waals surface area contributed by atoms with Gasteiger partial charge in [-0.05, 0) is 44.5 Å². The van der Waals surface area contributed by atoms with E-state index in [0.717, 1.165) is 32.7 Å². The second-order valence-corrected chi connectivity index (χ2v) is 8.83. The van der Waals surface area contributed by atoms with Crippen LogP contribution in [0.4, 0.5) is 5.69 Å². The number of nitrogens with zero attached hydrogens (tertiary/aromatic N) is 3. The highest BCUT2D eigenvalue weighted by atomic mass is 32.1. The molecule has 5 rings (SSSR count). The van der Waals surface area contributed by atoms with Gasteiger partial charge in [0.2, 0.25) is 5.13 Å². The van der Waals surface area contributed by atoms with Crippen LogP contribution in [-0.2, 0) is 0 Å². The highest BCUT2D eigenvalue weighted by Crippen LogP contribution is 2.27. The highest BCUT2D eigenvalue weighted by Gasteiger charge is 2.21. The van der Waals surface area contributed by atoms with Crippen LogP contribution < -0.4 is 5.56 Å². The molecule has 5 aromatic rings. The molecule has 0 aliphatic carbocycles. The van der Waals surface area contributed by atoms with Gasteiger partial charge in [-0.1, -0.05) is 71.5 Å². The molecular formula is C26H22N4OS. The fourth-order valence-corrected chi connectivity index (χ4v) is 4.77. The monoisotopic (exact) mass is 438 g/mol. The molecule has 0 saturated heterocycles. The number of nitrogens with one attached hydrogen (secondary N) is 1. The van der Waals surface area contributed by atoms with Gasteiger partial charge in [0.15, 0.2) is 0 Å². The van der Waals surface area contributed by atoms with Gasteiger partial charge in [-0.3, -0.25) is 14.9 Å². The molecule has 3 aromatic carbocycles. The van der Waals surface area contributed by atoms with E-state index in [4.69, 9.17) is 4.99 Å². The molecule has 0 bridgehead atoms. The number of benzene rings is 3. The van der Waals surface area contributed by atoms with Gasteiger partial charge in [-0.2, -0.15) is 4.68 Å². The average molecular weight is 439 g/mol. The quantitative estimate of drug-likeness (QED) is 0.340. The fraction of sp³-hybridized carbons (Fsp3) is 0.115. The molecule has 0 saturated carbocycles. The molecule has 0 spiro atoms. The van der Waals surface area contributed by atoms with Crippen molar-refractivity contribution in [1.29, 1.82) is 0 Å². The van der Waals surface area contributed by atoms with Crippen LogP contribution in [0.3, 0.4) is 0 Å². The van der Waals surface area contributed by atoms with Crippen LogP contribution in [0.2, 0.25) is 0 Å². The van der Waals surface area contributed by atoms with Gasteiger partial charge in [0.25, 0.3) is 5.56 Å². The lowest BCUT2D eigenvalue weighted by molar-refractivity contribution is 0.845. The molecule has 0 aliphatic rings. The van der Waals surface area contributed by atoms with Crippen LogP contribution in [0.1, 0.15) is 23.6 Å². The summed E-state index contributed by atoms with van der Waals surface area (Å²) in [5.41, 5.74) is 6.71. The minimum absolute atomic E-state index is 0.158. The number of para-hydroxylation sites is 1. The van der Waals surface area contributed by atoms with Crippen molar-refractivity contribution in [3.8, 4) is 16.4 Å². The summed E-state index contributed by atoms with van der Waals surface area (Å²) in [6.45, 7) is 5.98. The zero-order chi connectivity index (χ0) is 22.2. The van der Waals surface area contributed by atoms with Crippen LogP contribution in [0.5, 0.6) is 0 Å². The molecule has 1 N–H and O–H groups in total. The Morgan fingerprint density at radius 2 is 1.75 bits per heavy atom. The van der Waals surface area contributed by atoms with Gasteiger partial charge < -0.3 is 0 Å². The lowest BCUT2D eigenvalue weighted by Crippen LogP contribution is -2.19. The smallest absolute Gasteiger partial charge is 0.283 e. The summed E-state index contributed by atoms with van der Waals surface area (Å²) in [6.07, 6.45) is 0. The second-order valence-electron chi connectivity index (χ2n) is 7.82. The number of aromatic nitrogens is 3. The van der Waals surface area contributed by atoms with E-state index in [9.17, 15) is 4.79 Å². The first-order valence-corrected chi connectivity index (χ1v) is 11.2. The number of fused-ring (bicyclic) bond motifs is 1. The van der Waals surface area contributed by atoms with E-state index in [0.29, 0.717) is 16.4 Å². The van der Waals surface area contributed by atoms with Gasteiger partial charge in [-0.15, -0.1) is 0 Å². The van der Waals surface area contributed by atoms with E-state index >= 15 is 0 Å². The van der Waals surface area contributed by atoms with Crippen molar-refractivity contribution in [2.45, 2.75) is 20.8 Å². The maximum atomic E-state index is 13.6. The third kappa shape index (κ3) is 3.59. The van der Waals surface area contributed by atoms with Crippen LogP contribution >= 0.6 is 11.3 Å². The number of H-pyrrole nitrogens is 1. The van der Waals surface area contributed by atoms with Gasteiger partial charge in [0.05, 0.1) is 32.9 Å². The molecule has 0 amide bonds. The molecule has 32 heavy (non-hydrogen) atoms. The maximum absolute atomic E-state index is 13.6. The van der Waals surface area contributed by atoms with Gasteiger partial charge >= 0.3 is 0 Å². The molecule has 2 heterocycles. The first-order chi connectivity index (χ1) is 15.5. The Kier molecular flexibility index (Phi) is 5.07. The van der Waals surface area contributed by atoms with Gasteiger partial charge in [-0.25, -0.2) is 4.98 Å². The number of hydrogen-bond acceptors (Lipinski definition) is 4. The van der Waals surface area contributed by atoms with Crippen molar-refractivity contribution in [2.24, 2.45) is 4.99 Å². The van der Waals surface area contributed by atoms with E-state index in [1.807, 2.05) is 80.6 Å². The van der Waals surface area contributed by atoms with Crippen molar-refractivity contribution in [1.82, 2.24) is 14.8 Å². The first-order valence-electron chi connectivity index (χ1n) is 10.4. The Labute approximate surface area is 189 Å². The van der Waals surface area contributed by atoms with Crippen LogP contribution in [0.15, 0.2) is 82.6 Å². The van der Waals surface area contributed by atoms with Crippen LogP contribution in [-0.4, -0.2) is 20.5 Å². The Morgan fingerprint density at radius 1 is 1.00 bits per heavy atom. The van der Waals surface area contributed by atoms with Crippen LogP contribution in [0.25, 0.3) is 26.6 Å². The standard InChI is InChI=1S/C26H22N4OS/c1-16-13-14-20(17(2)15-16)27-18(3)23-24(19-9-5-4-6-10-19)29-30(25(23)31)26-28-21-11-7-8-12-22(21)32-26/h4-15,29H,1-3H3. The van der Waals surface area contributed by atoms with E-state index in [1.54, 1.807) is 0 Å². The first kappa shape index (κ1) is 20.2. The van der Waals surface area contributed by atoms with Gasteiger partial charge in [0, 0.05) is 5.56 Å². The summed E-state index contributed by atoms with van der Waals surface area (Å²) < 4.78 is 2.57. The summed E-state index contributed by atoms with van der Waals surface area (Å²) in [6, 6.07) is 23.9. The summed E-state index contributed by atoms with van der Waals surface area (Å²) in [5.74, 6) is 0. The summed E-state index contributed by atoms with van der Waals surface area (Å²) in [5, 5.41) is 3.92. The Balaban J connectivity index is 1.72. The minimum atomic E-state index is -0.158. The molecule has 5 nitrogen and oxygen atoms in total. The molecule has 0 unspecified atom stereocenters. The Bertz CT molecular complexity index is 1490. The highest BCUT2D eigenvalue weighted by molar-refractivity contribution is 7.20. The lowest BCUT2D eigenvalue weighted by atomic mass is 10.0. The van der Waals surface area contributed by atoms with E-state index in [1.165, 1.54) is 21.6 Å². The minimum Gasteiger partial charge on any atom is -0.288 e. The molecule has 0 radical (unpaired) electrons. The Hall–Kier alpha value is -3.77. The zero-order valence-electron chi connectivity index (χ0n) is 18.1. The normalized spacial score (nSPS) is 11.9. The number of aliphatic imine (C=N–C) groups is 1. The maximum Gasteiger partial charge on any atom is 0.283 e. The third-order valence-corrected chi connectivity index (χ3v) is 6.45. The number of aryl methyl sites for hydroxylation is 2. The summed E-state index contributed by atoms with van der Waals surface area (Å²) in [4.78, 5) is 23.1. The molecule has 0 fully saturated rings. The summed E-state index contributed by atoms with van der Waals surface area (Å²) in [7, 11) is 0. The summed E-state index contributed by atoms with van der Waals surface area (Å²) >= 11 is 1.48. The van der Waals surface area contributed by atoms with E-state index in [2.05, 4.69) is 23.1 Å². The predicted molar refractivity (Wildman–Crippen MR) is 133 cm³/mol.